The Morgan fingerprint density at radius 3 is 2.61 bits per heavy atom. The lowest BCUT2D eigenvalue weighted by atomic mass is 10.0. The van der Waals surface area contributed by atoms with E-state index >= 15 is 0 Å². The third-order valence-electron chi connectivity index (χ3n) is 7.45. The average Bonchev–Trinajstić information content (AvgIpc) is 3.50. The Balaban J connectivity index is 1.25. The van der Waals surface area contributed by atoms with Gasteiger partial charge in [-0.05, 0) is 61.7 Å². The van der Waals surface area contributed by atoms with Gasteiger partial charge in [0.2, 0.25) is 0 Å². The molecule has 36 heavy (non-hydrogen) atoms. The van der Waals surface area contributed by atoms with Gasteiger partial charge in [0.05, 0.1) is 35.2 Å². The van der Waals surface area contributed by atoms with Gasteiger partial charge in [-0.25, -0.2) is 4.98 Å². The molecule has 3 N–H and O–H groups in total. The molecule has 1 aromatic carbocycles. The van der Waals surface area contributed by atoms with Gasteiger partial charge < -0.3 is 15.0 Å². The number of anilines is 1. The molecule has 0 atom stereocenters. The van der Waals surface area contributed by atoms with Crippen molar-refractivity contribution >= 4 is 27.6 Å². The number of nitrogens with one attached hydrogen (secondary N) is 2. The van der Waals surface area contributed by atoms with Crippen LogP contribution < -0.4 is 4.90 Å². The molecule has 2 aliphatic rings. The molecule has 2 saturated heterocycles. The van der Waals surface area contributed by atoms with E-state index in [9.17, 15) is 5.11 Å². The number of hydrogen-bond acceptors (Lipinski definition) is 7. The van der Waals surface area contributed by atoms with Gasteiger partial charge in [-0.1, -0.05) is 6.07 Å². The fourth-order valence-corrected chi connectivity index (χ4v) is 5.27. The second kappa shape index (κ2) is 8.69. The van der Waals surface area contributed by atoms with Crippen molar-refractivity contribution < 1.29 is 5.11 Å². The molecule has 0 unspecified atom stereocenters. The highest BCUT2D eigenvalue weighted by Gasteiger charge is 2.22. The summed E-state index contributed by atoms with van der Waals surface area (Å²) in [5, 5.41) is 18.7. The lowest BCUT2D eigenvalue weighted by Crippen LogP contribution is -2.36. The SMILES string of the molecule is OC1CCN(c2cncc3[nH]c(-c4n[nH]c5ccc(-c6cncc(CN7CCC7)c6)cc45)nc23)CC1. The number of H-pyrrole nitrogens is 2. The number of aromatic amines is 2. The zero-order valence-electron chi connectivity index (χ0n) is 20.0. The second-order valence-corrected chi connectivity index (χ2v) is 9.90. The molecule has 7 rings (SSSR count). The third-order valence-corrected chi connectivity index (χ3v) is 7.45. The predicted octanol–water partition coefficient (Wildman–Crippen LogP) is 3.73. The molecule has 0 aliphatic carbocycles. The van der Waals surface area contributed by atoms with Crippen LogP contribution in [0.15, 0.2) is 49.1 Å². The van der Waals surface area contributed by atoms with Gasteiger partial charge in [0, 0.05) is 43.0 Å². The minimum Gasteiger partial charge on any atom is -0.393 e. The van der Waals surface area contributed by atoms with E-state index in [-0.39, 0.29) is 6.10 Å². The van der Waals surface area contributed by atoms with Crippen LogP contribution in [0, 0.1) is 0 Å². The number of rotatable bonds is 5. The lowest BCUT2D eigenvalue weighted by molar-refractivity contribution is 0.145. The highest BCUT2D eigenvalue weighted by Crippen LogP contribution is 2.33. The van der Waals surface area contributed by atoms with Gasteiger partial charge in [-0.15, -0.1) is 0 Å². The van der Waals surface area contributed by atoms with Gasteiger partial charge in [0.15, 0.2) is 5.82 Å². The predicted molar refractivity (Wildman–Crippen MR) is 140 cm³/mol. The summed E-state index contributed by atoms with van der Waals surface area (Å²) < 4.78 is 0. The van der Waals surface area contributed by atoms with Crippen LogP contribution in [0.3, 0.4) is 0 Å². The van der Waals surface area contributed by atoms with E-state index in [2.05, 4.69) is 59.2 Å². The highest BCUT2D eigenvalue weighted by molar-refractivity contribution is 5.97. The number of fused-ring (bicyclic) bond motifs is 2. The third kappa shape index (κ3) is 3.81. The zero-order valence-corrected chi connectivity index (χ0v) is 20.0. The number of aliphatic hydroxyl groups excluding tert-OH is 1. The van der Waals surface area contributed by atoms with E-state index in [1.807, 2.05) is 24.8 Å². The Morgan fingerprint density at radius 1 is 0.917 bits per heavy atom. The number of benzene rings is 1. The van der Waals surface area contributed by atoms with Crippen LogP contribution in [0.5, 0.6) is 0 Å². The maximum Gasteiger partial charge on any atom is 0.159 e. The van der Waals surface area contributed by atoms with Crippen molar-refractivity contribution in [3.05, 3.63) is 54.6 Å². The number of nitrogens with zero attached hydrogens (tertiary/aromatic N) is 6. The molecular weight excluding hydrogens is 452 g/mol. The molecule has 182 valence electrons. The van der Waals surface area contributed by atoms with Crippen LogP contribution in [0.4, 0.5) is 5.69 Å². The summed E-state index contributed by atoms with van der Waals surface area (Å²) >= 11 is 0. The van der Waals surface area contributed by atoms with E-state index < -0.39 is 0 Å². The van der Waals surface area contributed by atoms with Crippen LogP contribution in [0.1, 0.15) is 24.8 Å². The fraction of sp³-hybridized carbons (Fsp3) is 0.333. The first-order valence-electron chi connectivity index (χ1n) is 12.6. The number of hydrogen-bond donors (Lipinski definition) is 3. The summed E-state index contributed by atoms with van der Waals surface area (Å²) in [6.07, 6.45) is 10.1. The Bertz CT molecular complexity index is 1540. The number of aromatic nitrogens is 6. The van der Waals surface area contributed by atoms with Crippen LogP contribution in [0.25, 0.3) is 44.6 Å². The van der Waals surface area contributed by atoms with Crippen molar-refractivity contribution in [3.8, 4) is 22.6 Å². The van der Waals surface area contributed by atoms with E-state index in [4.69, 9.17) is 4.98 Å². The summed E-state index contributed by atoms with van der Waals surface area (Å²) in [4.78, 5) is 22.0. The van der Waals surface area contributed by atoms with Crippen molar-refractivity contribution in [2.75, 3.05) is 31.1 Å². The zero-order chi connectivity index (χ0) is 24.1. The molecule has 5 aromatic rings. The summed E-state index contributed by atoms with van der Waals surface area (Å²) in [6.45, 7) is 4.88. The minimum absolute atomic E-state index is 0.223. The quantitative estimate of drug-likeness (QED) is 0.352. The first-order chi connectivity index (χ1) is 17.7. The number of piperidine rings is 1. The van der Waals surface area contributed by atoms with E-state index in [0.29, 0.717) is 5.82 Å². The Labute approximate surface area is 208 Å². The van der Waals surface area contributed by atoms with Crippen molar-refractivity contribution in [2.45, 2.75) is 31.9 Å². The molecule has 0 bridgehead atoms. The van der Waals surface area contributed by atoms with Gasteiger partial charge in [-0.3, -0.25) is 20.0 Å². The number of imidazole rings is 1. The van der Waals surface area contributed by atoms with Gasteiger partial charge in [0.1, 0.15) is 11.2 Å². The van der Waals surface area contributed by atoms with Crippen molar-refractivity contribution in [2.24, 2.45) is 0 Å². The molecule has 2 aliphatic heterocycles. The smallest absolute Gasteiger partial charge is 0.159 e. The molecule has 4 aromatic heterocycles. The monoisotopic (exact) mass is 480 g/mol. The topological polar surface area (TPSA) is 110 Å². The Hall–Kier alpha value is -3.82. The second-order valence-electron chi connectivity index (χ2n) is 9.90. The van der Waals surface area contributed by atoms with Crippen molar-refractivity contribution in [1.82, 2.24) is 35.0 Å². The minimum atomic E-state index is -0.223. The maximum absolute atomic E-state index is 9.91. The van der Waals surface area contributed by atoms with Crippen molar-refractivity contribution in [3.63, 3.8) is 0 Å². The van der Waals surface area contributed by atoms with Gasteiger partial charge in [-0.2, -0.15) is 5.10 Å². The van der Waals surface area contributed by atoms with Crippen LogP contribution in [-0.4, -0.2) is 72.4 Å². The number of aliphatic hydroxyl groups is 1. The highest BCUT2D eigenvalue weighted by atomic mass is 16.3. The normalized spacial score (nSPS) is 17.2. The Kier molecular flexibility index (Phi) is 5.18. The molecular formula is C27H28N8O. The standard InChI is InChI=1S/C27H28N8O/c36-20-4-8-35(9-5-20)24-15-29-14-23-26(24)31-27(30-23)25-21-11-18(2-3-22(21)32-33-25)19-10-17(12-28-13-19)16-34-6-1-7-34/h2-3,10-15,20,36H,1,4-9,16H2,(H,30,31)(H,32,33). The van der Waals surface area contributed by atoms with Gasteiger partial charge in [0.25, 0.3) is 0 Å². The molecule has 0 spiro atoms. The summed E-state index contributed by atoms with van der Waals surface area (Å²) in [6, 6.07) is 8.58. The van der Waals surface area contributed by atoms with Crippen LogP contribution in [0.2, 0.25) is 0 Å². The molecule has 0 amide bonds. The Morgan fingerprint density at radius 2 is 1.78 bits per heavy atom. The average molecular weight is 481 g/mol. The van der Waals surface area contributed by atoms with Gasteiger partial charge >= 0.3 is 0 Å². The largest absolute Gasteiger partial charge is 0.393 e. The molecule has 2 fully saturated rings. The van der Waals surface area contributed by atoms with Crippen LogP contribution >= 0.6 is 0 Å². The summed E-state index contributed by atoms with van der Waals surface area (Å²) in [5.74, 6) is 0.712. The summed E-state index contributed by atoms with van der Waals surface area (Å²) in [5.41, 5.74) is 7.94. The van der Waals surface area contributed by atoms with Crippen LogP contribution in [-0.2, 0) is 6.54 Å². The summed E-state index contributed by atoms with van der Waals surface area (Å²) in [7, 11) is 0. The van der Waals surface area contributed by atoms with E-state index in [1.165, 1.54) is 25.1 Å². The first-order valence-corrected chi connectivity index (χ1v) is 12.6. The molecule has 0 radical (unpaired) electrons. The van der Waals surface area contributed by atoms with E-state index in [0.717, 1.165) is 76.9 Å². The number of likely N-dealkylation sites (tertiary alicyclic amines) is 1. The molecule has 6 heterocycles. The maximum atomic E-state index is 9.91. The van der Waals surface area contributed by atoms with E-state index in [1.54, 1.807) is 0 Å². The lowest BCUT2D eigenvalue weighted by Gasteiger charge is -2.31. The fourth-order valence-electron chi connectivity index (χ4n) is 5.27. The molecule has 9 heteroatoms. The molecule has 9 nitrogen and oxygen atoms in total. The number of pyridine rings is 2. The molecule has 0 saturated carbocycles. The first kappa shape index (κ1) is 21.5. The van der Waals surface area contributed by atoms with Crippen molar-refractivity contribution in [1.29, 1.82) is 0 Å².